The summed E-state index contributed by atoms with van der Waals surface area (Å²) >= 11 is 8.53. The van der Waals surface area contributed by atoms with Crippen LogP contribution in [0.1, 0.15) is 48.9 Å². The molecule has 6 nitrogen and oxygen atoms in total. The molecule has 0 aliphatic carbocycles. The van der Waals surface area contributed by atoms with Gasteiger partial charge in [-0.2, -0.15) is 0 Å². The van der Waals surface area contributed by atoms with Crippen molar-refractivity contribution in [2.75, 3.05) is 26.7 Å². The van der Waals surface area contributed by atoms with Gasteiger partial charge < -0.3 is 14.5 Å². The third-order valence-corrected chi connectivity index (χ3v) is 7.91. The molecule has 2 heterocycles. The maximum absolute atomic E-state index is 13.2. The fourth-order valence-corrected chi connectivity index (χ4v) is 5.86. The number of benzene rings is 1. The number of alkyl halides is 1. The van der Waals surface area contributed by atoms with Crippen LogP contribution in [0.2, 0.25) is 5.02 Å². The fourth-order valence-electron chi connectivity index (χ4n) is 4.73. The van der Waals surface area contributed by atoms with E-state index in [1.54, 1.807) is 13.2 Å². The molecule has 208 valence electrons. The Bertz CT molecular complexity index is 1240. The standard InChI is InChI=1S/C31H38ClIN4O2/c1-5-23(19-24-12-9-13-25(32)20-24)11-7-8-15-27(34)29(6-2)37-18-17-36(22-31(37,3)33)30(38)28-16-10-14-26(35-28)21-39-4/h6-16,20,23,34H,5,17-19,21-22H2,1-4H3/b11-7+,15-8+,29-6?,34-27?. The minimum absolute atomic E-state index is 0.0825. The number of allylic oxidation sites excluding steroid dienone is 5. The molecule has 1 aliphatic heterocycles. The summed E-state index contributed by atoms with van der Waals surface area (Å²) in [4.78, 5) is 21.8. The van der Waals surface area contributed by atoms with Gasteiger partial charge in [0.05, 0.1) is 30.3 Å². The monoisotopic (exact) mass is 660 g/mol. The minimum Gasteiger partial charge on any atom is -0.378 e. The lowest BCUT2D eigenvalue weighted by Gasteiger charge is -2.47. The van der Waals surface area contributed by atoms with Crippen LogP contribution in [0.4, 0.5) is 0 Å². The topological polar surface area (TPSA) is 69.5 Å². The highest BCUT2D eigenvalue weighted by Crippen LogP contribution is 2.33. The molecule has 8 heteroatoms. The van der Waals surface area contributed by atoms with Gasteiger partial charge in [-0.25, -0.2) is 4.98 Å². The van der Waals surface area contributed by atoms with Crippen LogP contribution in [0, 0.1) is 11.3 Å². The predicted molar refractivity (Wildman–Crippen MR) is 169 cm³/mol. The van der Waals surface area contributed by atoms with Gasteiger partial charge in [-0.05, 0) is 68.5 Å². The summed E-state index contributed by atoms with van der Waals surface area (Å²) in [6.45, 7) is 8.33. The summed E-state index contributed by atoms with van der Waals surface area (Å²) < 4.78 is 4.78. The van der Waals surface area contributed by atoms with Crippen molar-refractivity contribution in [1.29, 1.82) is 5.41 Å². The minimum atomic E-state index is -0.377. The fraction of sp³-hybridized carbons (Fsp3) is 0.387. The maximum atomic E-state index is 13.2. The molecular weight excluding hydrogens is 623 g/mol. The average Bonchev–Trinajstić information content (AvgIpc) is 2.91. The van der Waals surface area contributed by atoms with E-state index in [4.69, 9.17) is 21.7 Å². The summed E-state index contributed by atoms with van der Waals surface area (Å²) in [7, 11) is 1.61. The van der Waals surface area contributed by atoms with Gasteiger partial charge in [-0.3, -0.25) is 10.2 Å². The van der Waals surface area contributed by atoms with Crippen LogP contribution in [0.3, 0.4) is 0 Å². The quantitative estimate of drug-likeness (QED) is 0.0919. The molecule has 1 N–H and O–H groups in total. The first kappa shape index (κ1) is 31.0. The van der Waals surface area contributed by atoms with Gasteiger partial charge in [0.1, 0.15) is 9.24 Å². The number of nitrogens with one attached hydrogen (secondary N) is 1. The van der Waals surface area contributed by atoms with Crippen molar-refractivity contribution in [3.8, 4) is 0 Å². The number of halogens is 2. The Balaban J connectivity index is 1.62. The van der Waals surface area contributed by atoms with E-state index in [1.165, 1.54) is 5.56 Å². The number of carbonyl (C=O) groups is 1. The van der Waals surface area contributed by atoms with E-state index < -0.39 is 0 Å². The Morgan fingerprint density at radius 3 is 2.69 bits per heavy atom. The van der Waals surface area contributed by atoms with Crippen molar-refractivity contribution in [2.45, 2.75) is 43.8 Å². The number of methoxy groups -OCH3 is 1. The molecule has 0 spiro atoms. The van der Waals surface area contributed by atoms with Gasteiger partial charge in [-0.15, -0.1) is 0 Å². The molecular formula is C31H38ClIN4O2. The highest BCUT2D eigenvalue weighted by Gasteiger charge is 2.39. The smallest absolute Gasteiger partial charge is 0.272 e. The number of aromatic nitrogens is 1. The van der Waals surface area contributed by atoms with E-state index >= 15 is 0 Å². The lowest BCUT2D eigenvalue weighted by Crippen LogP contribution is -2.58. The summed E-state index contributed by atoms with van der Waals surface area (Å²) in [5, 5.41) is 9.54. The molecule has 39 heavy (non-hydrogen) atoms. The Hall–Kier alpha value is -2.49. The molecule has 1 aromatic heterocycles. The molecule has 2 unspecified atom stereocenters. The van der Waals surface area contributed by atoms with E-state index in [2.05, 4.69) is 58.5 Å². The van der Waals surface area contributed by atoms with Gasteiger partial charge in [0, 0.05) is 25.2 Å². The number of pyridine rings is 1. The molecule has 0 bridgehead atoms. The molecule has 0 radical (unpaired) electrons. The van der Waals surface area contributed by atoms with Gasteiger partial charge in [0.25, 0.3) is 5.91 Å². The second-order valence-corrected chi connectivity index (χ2v) is 12.6. The number of amides is 1. The normalized spacial score (nSPS) is 19.2. The first-order valence-electron chi connectivity index (χ1n) is 13.2. The van der Waals surface area contributed by atoms with Crippen molar-refractivity contribution >= 4 is 45.8 Å². The first-order valence-corrected chi connectivity index (χ1v) is 14.7. The van der Waals surface area contributed by atoms with Crippen molar-refractivity contribution in [2.24, 2.45) is 5.92 Å². The number of ether oxygens (including phenoxy) is 1. The Morgan fingerprint density at radius 1 is 1.26 bits per heavy atom. The highest BCUT2D eigenvalue weighted by atomic mass is 127. The summed E-state index contributed by atoms with van der Waals surface area (Å²) in [5.41, 5.74) is 3.69. The van der Waals surface area contributed by atoms with Gasteiger partial charge in [0.15, 0.2) is 0 Å². The van der Waals surface area contributed by atoms with Crippen LogP contribution >= 0.6 is 34.2 Å². The first-order chi connectivity index (χ1) is 18.7. The molecule has 2 aromatic rings. The van der Waals surface area contributed by atoms with Crippen LogP contribution in [0.15, 0.2) is 78.5 Å². The average molecular weight is 661 g/mol. The molecule has 3 rings (SSSR count). The van der Waals surface area contributed by atoms with Crippen molar-refractivity contribution in [3.05, 3.63) is 101 Å². The molecule has 1 fully saturated rings. The number of hydrogen-bond donors (Lipinski definition) is 1. The second kappa shape index (κ2) is 14.8. The molecule has 1 saturated heterocycles. The third-order valence-electron chi connectivity index (χ3n) is 6.75. The zero-order valence-electron chi connectivity index (χ0n) is 23.2. The SMILES string of the molecule is CC=C(C(=N)/C=C/C=C/C(CC)Cc1cccc(Cl)c1)N1CCN(C(=O)c2cccc(COC)n2)CC1(C)I. The van der Waals surface area contributed by atoms with Crippen LogP contribution < -0.4 is 0 Å². The molecule has 2 atom stereocenters. The van der Waals surface area contributed by atoms with Crippen LogP contribution in [-0.2, 0) is 17.8 Å². The van der Waals surface area contributed by atoms with Gasteiger partial charge >= 0.3 is 0 Å². The van der Waals surface area contributed by atoms with E-state index in [-0.39, 0.29) is 9.45 Å². The lowest BCUT2D eigenvalue weighted by atomic mass is 9.96. The summed E-state index contributed by atoms with van der Waals surface area (Å²) in [6, 6.07) is 13.5. The number of nitrogens with zero attached hydrogens (tertiary/aromatic N) is 3. The number of rotatable bonds is 11. The second-order valence-electron chi connectivity index (χ2n) is 9.80. The molecule has 0 saturated carbocycles. The van der Waals surface area contributed by atoms with Crippen molar-refractivity contribution in [3.63, 3.8) is 0 Å². The van der Waals surface area contributed by atoms with Crippen LogP contribution in [0.5, 0.6) is 0 Å². The van der Waals surface area contributed by atoms with E-state index in [0.717, 1.165) is 29.3 Å². The summed E-state index contributed by atoms with van der Waals surface area (Å²) in [6.07, 6.45) is 11.9. The lowest BCUT2D eigenvalue weighted by molar-refractivity contribution is 0.0565. The van der Waals surface area contributed by atoms with Crippen LogP contribution in [0.25, 0.3) is 0 Å². The van der Waals surface area contributed by atoms with Gasteiger partial charge in [-0.1, -0.05) is 83.6 Å². The van der Waals surface area contributed by atoms with E-state index in [0.29, 0.717) is 43.6 Å². The number of carbonyl (C=O) groups excluding carboxylic acids is 1. The van der Waals surface area contributed by atoms with Gasteiger partial charge in [0.2, 0.25) is 0 Å². The summed E-state index contributed by atoms with van der Waals surface area (Å²) in [5.74, 6) is 0.317. The Labute approximate surface area is 251 Å². The number of piperazine rings is 1. The number of hydrogen-bond acceptors (Lipinski definition) is 5. The van der Waals surface area contributed by atoms with Crippen molar-refractivity contribution in [1.82, 2.24) is 14.8 Å². The van der Waals surface area contributed by atoms with Crippen molar-refractivity contribution < 1.29 is 9.53 Å². The molecule has 1 amide bonds. The molecule has 1 aromatic carbocycles. The highest BCUT2D eigenvalue weighted by molar-refractivity contribution is 14.1. The zero-order valence-corrected chi connectivity index (χ0v) is 26.1. The molecule has 1 aliphatic rings. The third kappa shape index (κ3) is 8.75. The Kier molecular flexibility index (Phi) is 11.8. The van der Waals surface area contributed by atoms with E-state index in [1.807, 2.05) is 66.5 Å². The Morgan fingerprint density at radius 2 is 2.03 bits per heavy atom. The maximum Gasteiger partial charge on any atom is 0.272 e. The zero-order chi connectivity index (χ0) is 28.4. The predicted octanol–water partition coefficient (Wildman–Crippen LogP) is 7.10. The van der Waals surface area contributed by atoms with Crippen LogP contribution in [-0.4, -0.2) is 56.7 Å². The van der Waals surface area contributed by atoms with E-state index in [9.17, 15) is 4.79 Å². The largest absolute Gasteiger partial charge is 0.378 e.